The quantitative estimate of drug-likeness (QED) is 0.881. The molecule has 96 valence electrons. The van der Waals surface area contributed by atoms with Gasteiger partial charge in [0, 0.05) is 12.1 Å². The van der Waals surface area contributed by atoms with Crippen molar-refractivity contribution in [3.05, 3.63) is 29.6 Å². The van der Waals surface area contributed by atoms with Crippen molar-refractivity contribution in [2.75, 3.05) is 0 Å². The Hall–Kier alpha value is -1.23. The highest BCUT2D eigenvalue weighted by Crippen LogP contribution is 2.20. The molecular weight excluding hydrogens is 231 g/mol. The van der Waals surface area contributed by atoms with Gasteiger partial charge in [-0.2, -0.15) is 8.78 Å². The van der Waals surface area contributed by atoms with E-state index >= 15 is 0 Å². The van der Waals surface area contributed by atoms with Crippen LogP contribution in [-0.2, 0) is 6.54 Å². The summed E-state index contributed by atoms with van der Waals surface area (Å²) in [5.41, 5.74) is 0.591. The van der Waals surface area contributed by atoms with Crippen molar-refractivity contribution in [1.29, 1.82) is 0 Å². The third-order valence-electron chi connectivity index (χ3n) is 2.04. The maximum Gasteiger partial charge on any atom is 0.387 e. The Kier molecular flexibility index (Phi) is 4.40. The number of ether oxygens (including phenoxy) is 1. The lowest BCUT2D eigenvalue weighted by molar-refractivity contribution is -0.0522. The van der Waals surface area contributed by atoms with Crippen LogP contribution in [-0.4, -0.2) is 12.2 Å². The van der Waals surface area contributed by atoms with E-state index in [1.807, 2.05) is 20.8 Å². The van der Waals surface area contributed by atoms with Gasteiger partial charge in [-0.25, -0.2) is 4.39 Å². The molecule has 5 heteroatoms. The van der Waals surface area contributed by atoms with Crippen molar-refractivity contribution >= 4 is 0 Å². The third-order valence-corrected chi connectivity index (χ3v) is 2.04. The standard InChI is InChI=1S/C12H16F3NO/c1-12(2,3)16-7-8-4-5-10(9(13)6-8)17-11(14)15/h4-6,11,16H,7H2,1-3H3. The van der Waals surface area contributed by atoms with Crippen LogP contribution in [0.5, 0.6) is 5.75 Å². The van der Waals surface area contributed by atoms with Crippen molar-refractivity contribution in [1.82, 2.24) is 5.32 Å². The van der Waals surface area contributed by atoms with Gasteiger partial charge in [0.25, 0.3) is 0 Å². The van der Waals surface area contributed by atoms with Crippen LogP contribution < -0.4 is 10.1 Å². The van der Waals surface area contributed by atoms with Gasteiger partial charge >= 0.3 is 6.61 Å². The fourth-order valence-electron chi connectivity index (χ4n) is 1.21. The maximum absolute atomic E-state index is 13.3. The lowest BCUT2D eigenvalue weighted by Gasteiger charge is -2.20. The first-order valence-corrected chi connectivity index (χ1v) is 5.26. The molecule has 0 spiro atoms. The van der Waals surface area contributed by atoms with Crippen LogP contribution in [0.3, 0.4) is 0 Å². The predicted octanol–water partition coefficient (Wildman–Crippen LogP) is 3.32. The van der Waals surface area contributed by atoms with Crippen LogP contribution in [0.4, 0.5) is 13.2 Å². The summed E-state index contributed by atoms with van der Waals surface area (Å²) in [4.78, 5) is 0. The summed E-state index contributed by atoms with van der Waals surface area (Å²) < 4.78 is 41.2. The summed E-state index contributed by atoms with van der Waals surface area (Å²) in [7, 11) is 0. The molecule has 2 nitrogen and oxygen atoms in total. The Balaban J connectivity index is 2.68. The lowest BCUT2D eigenvalue weighted by Crippen LogP contribution is -2.35. The van der Waals surface area contributed by atoms with Gasteiger partial charge in [-0.15, -0.1) is 0 Å². The summed E-state index contributed by atoms with van der Waals surface area (Å²) in [6.45, 7) is 3.41. The van der Waals surface area contributed by atoms with Crippen molar-refractivity contribution in [2.45, 2.75) is 39.5 Å². The molecule has 0 atom stereocenters. The van der Waals surface area contributed by atoms with Crippen LogP contribution in [0, 0.1) is 5.82 Å². The molecule has 0 saturated heterocycles. The summed E-state index contributed by atoms with van der Waals surface area (Å²) in [5, 5.41) is 3.17. The Labute approximate surface area is 98.8 Å². The van der Waals surface area contributed by atoms with Gasteiger partial charge in [-0.3, -0.25) is 0 Å². The third kappa shape index (κ3) is 5.08. The van der Waals surface area contributed by atoms with E-state index in [-0.39, 0.29) is 5.54 Å². The fourth-order valence-corrected chi connectivity index (χ4v) is 1.21. The fraction of sp³-hybridized carbons (Fsp3) is 0.500. The Morgan fingerprint density at radius 3 is 2.41 bits per heavy atom. The zero-order chi connectivity index (χ0) is 13.1. The molecular formula is C12H16F3NO. The molecule has 0 bridgehead atoms. The topological polar surface area (TPSA) is 21.3 Å². The van der Waals surface area contributed by atoms with E-state index in [1.165, 1.54) is 12.1 Å². The number of nitrogens with one attached hydrogen (secondary N) is 1. The molecule has 1 rings (SSSR count). The summed E-state index contributed by atoms with van der Waals surface area (Å²) in [6.07, 6.45) is 0. The van der Waals surface area contributed by atoms with E-state index < -0.39 is 18.2 Å². The lowest BCUT2D eigenvalue weighted by atomic mass is 10.1. The molecule has 0 unspecified atom stereocenters. The SMILES string of the molecule is CC(C)(C)NCc1ccc(OC(F)F)c(F)c1. The second-order valence-electron chi connectivity index (χ2n) is 4.75. The zero-order valence-electron chi connectivity index (χ0n) is 10.1. The molecule has 0 aromatic heterocycles. The predicted molar refractivity (Wildman–Crippen MR) is 59.6 cm³/mol. The van der Waals surface area contributed by atoms with Crippen LogP contribution in [0.1, 0.15) is 26.3 Å². The first kappa shape index (κ1) is 13.8. The summed E-state index contributed by atoms with van der Waals surface area (Å²) in [6, 6.07) is 3.96. The van der Waals surface area contributed by atoms with E-state index in [9.17, 15) is 13.2 Å². The molecule has 0 aliphatic carbocycles. The molecule has 0 heterocycles. The highest BCUT2D eigenvalue weighted by atomic mass is 19.3. The summed E-state index contributed by atoms with van der Waals surface area (Å²) in [5.74, 6) is -1.21. The van der Waals surface area contributed by atoms with Gasteiger partial charge < -0.3 is 10.1 Å². The number of hydrogen-bond acceptors (Lipinski definition) is 2. The second kappa shape index (κ2) is 5.40. The van der Waals surface area contributed by atoms with E-state index in [2.05, 4.69) is 10.1 Å². The van der Waals surface area contributed by atoms with Crippen molar-refractivity contribution in [3.63, 3.8) is 0 Å². The van der Waals surface area contributed by atoms with E-state index in [4.69, 9.17) is 0 Å². The Morgan fingerprint density at radius 1 is 1.29 bits per heavy atom. The van der Waals surface area contributed by atoms with Crippen LogP contribution >= 0.6 is 0 Å². The van der Waals surface area contributed by atoms with Gasteiger partial charge in [-0.05, 0) is 38.5 Å². The highest BCUT2D eigenvalue weighted by molar-refractivity contribution is 5.29. The summed E-state index contributed by atoms with van der Waals surface area (Å²) >= 11 is 0. The maximum atomic E-state index is 13.3. The van der Waals surface area contributed by atoms with Crippen LogP contribution in [0.15, 0.2) is 18.2 Å². The smallest absolute Gasteiger partial charge is 0.387 e. The molecule has 1 N–H and O–H groups in total. The van der Waals surface area contributed by atoms with E-state index in [1.54, 1.807) is 6.07 Å². The minimum Gasteiger partial charge on any atom is -0.432 e. The second-order valence-corrected chi connectivity index (χ2v) is 4.75. The van der Waals surface area contributed by atoms with Gasteiger partial charge in [0.15, 0.2) is 11.6 Å². The molecule has 17 heavy (non-hydrogen) atoms. The van der Waals surface area contributed by atoms with Gasteiger partial charge in [0.1, 0.15) is 0 Å². The van der Waals surface area contributed by atoms with Gasteiger partial charge in [-0.1, -0.05) is 6.07 Å². The number of hydrogen-bond donors (Lipinski definition) is 1. The molecule has 0 aliphatic rings. The molecule has 0 radical (unpaired) electrons. The molecule has 0 saturated carbocycles. The van der Waals surface area contributed by atoms with Gasteiger partial charge in [0.05, 0.1) is 0 Å². The molecule has 0 aliphatic heterocycles. The van der Waals surface area contributed by atoms with Crippen molar-refractivity contribution in [2.24, 2.45) is 0 Å². The first-order valence-electron chi connectivity index (χ1n) is 5.26. The minimum absolute atomic E-state index is 0.0887. The average Bonchev–Trinajstić information content (AvgIpc) is 2.17. The van der Waals surface area contributed by atoms with E-state index in [0.29, 0.717) is 12.1 Å². The normalized spacial score (nSPS) is 11.9. The van der Waals surface area contributed by atoms with E-state index in [0.717, 1.165) is 0 Å². The number of halogens is 3. The van der Waals surface area contributed by atoms with Crippen molar-refractivity contribution < 1.29 is 17.9 Å². The van der Waals surface area contributed by atoms with Crippen molar-refractivity contribution in [3.8, 4) is 5.75 Å². The van der Waals surface area contributed by atoms with Gasteiger partial charge in [0.2, 0.25) is 0 Å². The Morgan fingerprint density at radius 2 is 1.94 bits per heavy atom. The highest BCUT2D eigenvalue weighted by Gasteiger charge is 2.12. The molecule has 0 amide bonds. The van der Waals surface area contributed by atoms with Crippen LogP contribution in [0.25, 0.3) is 0 Å². The number of benzene rings is 1. The average molecular weight is 247 g/mol. The first-order chi connectivity index (χ1) is 7.78. The number of rotatable bonds is 4. The molecule has 0 fully saturated rings. The molecule has 1 aromatic carbocycles. The molecule has 1 aromatic rings. The largest absolute Gasteiger partial charge is 0.432 e. The Bertz CT molecular complexity index is 375. The monoisotopic (exact) mass is 247 g/mol. The van der Waals surface area contributed by atoms with Crippen LogP contribution in [0.2, 0.25) is 0 Å². The zero-order valence-corrected chi connectivity index (χ0v) is 10.1. The minimum atomic E-state index is -3.01. The number of alkyl halides is 2.